The molecule has 0 N–H and O–H groups in total. The minimum Gasteiger partial charge on any atom is 0 e. The van der Waals surface area contributed by atoms with Gasteiger partial charge in [-0.05, 0) is 0 Å². The first-order chi connectivity index (χ1) is 18.8. The van der Waals surface area contributed by atoms with Gasteiger partial charge in [-0.3, -0.25) is 0 Å². The summed E-state index contributed by atoms with van der Waals surface area (Å²) in [7, 11) is 129. The largest absolute Gasteiger partial charge is 0 e. The van der Waals surface area contributed by atoms with Crippen LogP contribution in [0, 0.1) is 0 Å². The first-order valence-electron chi connectivity index (χ1n) is 13.3. The van der Waals surface area contributed by atoms with Crippen molar-refractivity contribution in [3.63, 3.8) is 0 Å². The summed E-state index contributed by atoms with van der Waals surface area (Å²) < 4.78 is 0. The van der Waals surface area contributed by atoms with Crippen LogP contribution in [0.4, 0.5) is 0 Å². The summed E-state index contributed by atoms with van der Waals surface area (Å²) in [6.07, 6.45) is -18.9. The van der Waals surface area contributed by atoms with E-state index >= 15 is 0 Å². The fourth-order valence-corrected chi connectivity index (χ4v) is 6.54. The maximum atomic E-state index is 6.64. The second-order valence-corrected chi connectivity index (χ2v) is 11.0. The molecule has 41 heavy (non-hydrogen) atoms. The molecule has 0 bridgehead atoms. The minimum atomic E-state index is -1.18. The van der Waals surface area contributed by atoms with Gasteiger partial charge in [-0.1, -0.05) is 0 Å². The van der Waals surface area contributed by atoms with Crippen LogP contribution in [0.25, 0.3) is 0 Å². The van der Waals surface area contributed by atoms with Crippen molar-refractivity contribution in [1.82, 2.24) is 0 Å². The van der Waals surface area contributed by atoms with Crippen LogP contribution in [0.3, 0.4) is 0 Å². The Kier molecular flexibility index (Phi) is 22.2. The molecular formula is B41. The molecule has 0 fully saturated rings. The summed E-state index contributed by atoms with van der Waals surface area (Å²) in [6.45, 7) is 0. The third kappa shape index (κ3) is 12.0. The molecule has 0 aromatic rings. The van der Waals surface area contributed by atoms with E-state index in [2.05, 4.69) is 0 Å². The van der Waals surface area contributed by atoms with Crippen LogP contribution in [-0.4, -0.2) is 291 Å². The molecule has 0 spiro atoms. The molecule has 43 radical (unpaired) electrons. The summed E-state index contributed by atoms with van der Waals surface area (Å²) in [5.74, 6) is 0. The van der Waals surface area contributed by atoms with Crippen molar-refractivity contribution in [2.24, 2.45) is 0 Å². The smallest absolute Gasteiger partial charge is 0 e. The average molecular weight is 443 g/mol. The van der Waals surface area contributed by atoms with Gasteiger partial charge in [-0.15, -0.1) is 0 Å². The van der Waals surface area contributed by atoms with Crippen LogP contribution in [0.5, 0.6) is 0 Å². The maximum absolute atomic E-state index is 6.64. The Morgan fingerprint density at radius 2 is 0.488 bits per heavy atom. The van der Waals surface area contributed by atoms with E-state index in [0.717, 1.165) is 0 Å². The molecule has 0 saturated carbocycles. The lowest BCUT2D eigenvalue weighted by molar-refractivity contribution is 3.21. The van der Waals surface area contributed by atoms with Crippen LogP contribution in [-0.2, 0) is 0 Å². The Hall–Kier alpha value is 2.66. The Balaban J connectivity index is 8.43. The summed E-state index contributed by atoms with van der Waals surface area (Å²) in [5.41, 5.74) is 0. The van der Waals surface area contributed by atoms with Gasteiger partial charge in [0.1, 0.15) is 0 Å². The first kappa shape index (κ1) is 43.7. The van der Waals surface area contributed by atoms with Crippen molar-refractivity contribution < 1.29 is 0 Å². The molecule has 0 rings (SSSR count). The molecule has 0 nitrogen and oxygen atoms in total. The third-order valence-corrected chi connectivity index (χ3v) is 8.22. The highest BCUT2D eigenvalue weighted by molar-refractivity contribution is 8.32. The van der Waals surface area contributed by atoms with E-state index in [0.29, 0.717) is 0 Å². The van der Waals surface area contributed by atoms with E-state index in [9.17, 15) is 0 Å². The third-order valence-electron chi connectivity index (χ3n) is 8.22. The predicted molar refractivity (Wildman–Crippen MR) is 236 cm³/mol. The average Bonchev–Trinajstić information content (AvgIpc) is 2.81. The van der Waals surface area contributed by atoms with Crippen molar-refractivity contribution in [2.75, 3.05) is 0 Å². The van der Waals surface area contributed by atoms with E-state index in [-0.39, 0.29) is 0 Å². The van der Waals surface area contributed by atoms with Crippen molar-refractivity contribution >= 4 is 291 Å². The van der Waals surface area contributed by atoms with E-state index in [1.165, 1.54) is 21.2 Å². The predicted octanol–water partition coefficient (Wildman–Crippen LogP) is -15.6. The van der Waals surface area contributed by atoms with Gasteiger partial charge in [0.15, 0.2) is 0 Å². The zero-order chi connectivity index (χ0) is 32.5. The van der Waals surface area contributed by atoms with Crippen LogP contribution in [0.2, 0.25) is 0 Å². The lowest BCUT2D eigenvalue weighted by Crippen LogP contribution is -2.92. The lowest BCUT2D eigenvalue weighted by Gasteiger charge is -2.54. The standard InChI is InChI=1S/B41/c1-21-32(20)38(33(22-2)24(4)5)41(39(34(23-3)25(6)7)35(26(8)9)27(10)11)40(36(28(12)13)29(14)15)37(30(16)17)31(18)19. The highest BCUT2D eigenvalue weighted by atomic mass is 13.4. The Bertz CT molecular complexity index is 605. The second kappa shape index (κ2) is 20.8. The molecule has 0 amide bonds. The Morgan fingerprint density at radius 3 is 0.707 bits per heavy atom. The van der Waals surface area contributed by atoms with Gasteiger partial charge in [0.25, 0.3) is 0 Å². The fourth-order valence-electron chi connectivity index (χ4n) is 6.54. The van der Waals surface area contributed by atoms with Crippen LogP contribution >= 0.6 is 0 Å². The fraction of sp³-hybridized carbons (Fsp3) is 0. The molecule has 0 heterocycles. The SMILES string of the molecule is [B][B]B([B])B(B([B][B])B([B])[B])B(B(B([B][B])B([B])[B])B(B([B])[B])B([B])[B])B(B(B([B])[B])B([B])[B])B(B([B])[B])B([B])[B]. The number of hydrogen-bond donors (Lipinski definition) is 0. The number of hydrogen-bond acceptors (Lipinski definition) is 0. The highest BCUT2D eigenvalue weighted by Gasteiger charge is 2.56. The van der Waals surface area contributed by atoms with Crippen LogP contribution in [0.15, 0.2) is 0 Å². The summed E-state index contributed by atoms with van der Waals surface area (Å²) in [6, 6.07) is 0. The van der Waals surface area contributed by atoms with Gasteiger partial charge in [-0.25, -0.2) is 0 Å². The molecule has 0 aromatic carbocycles. The lowest BCUT2D eigenvalue weighted by atomic mass is 8.27. The van der Waals surface area contributed by atoms with Crippen molar-refractivity contribution in [1.29, 1.82) is 0 Å². The van der Waals surface area contributed by atoms with Crippen LogP contribution in [0.1, 0.15) is 0 Å². The zero-order valence-corrected chi connectivity index (χ0v) is 23.7. The molecule has 0 aliphatic carbocycles. The topological polar surface area (TPSA) is 0 Å². The molecule has 123 valence electrons. The van der Waals surface area contributed by atoms with Crippen molar-refractivity contribution in [3.05, 3.63) is 0 Å². The molecule has 41 heteroatoms. The molecular weight excluding hydrogens is 443 g/mol. The molecule has 0 saturated heterocycles. The van der Waals surface area contributed by atoms with E-state index < -0.39 is 115 Å². The van der Waals surface area contributed by atoms with E-state index in [1.807, 2.05) is 0 Å². The van der Waals surface area contributed by atoms with Gasteiger partial charge in [-0.2, -0.15) is 0 Å². The van der Waals surface area contributed by atoms with E-state index in [1.54, 1.807) is 0 Å². The second-order valence-electron chi connectivity index (χ2n) is 11.0. The quantitative estimate of drug-likeness (QED) is 0.164. The first-order valence-corrected chi connectivity index (χ1v) is 13.3. The molecule has 0 unspecified atom stereocenters. The molecule has 0 atom stereocenters. The Labute approximate surface area is 288 Å². The monoisotopic (exact) mass is 451 g/mol. The summed E-state index contributed by atoms with van der Waals surface area (Å²) in [4.78, 5) is 0. The molecule has 0 aromatic heterocycles. The van der Waals surface area contributed by atoms with Crippen molar-refractivity contribution in [2.45, 2.75) is 0 Å². The molecule has 0 aliphatic heterocycles. The Morgan fingerprint density at radius 1 is 0.244 bits per heavy atom. The molecule has 0 aliphatic rings. The van der Waals surface area contributed by atoms with Crippen molar-refractivity contribution in [3.8, 4) is 0 Å². The van der Waals surface area contributed by atoms with Crippen LogP contribution < -0.4 is 0 Å². The van der Waals surface area contributed by atoms with Gasteiger partial charge in [0.2, 0.25) is 0 Å². The minimum absolute atomic E-state index is 0.872. The maximum Gasteiger partial charge on any atom is 0 e. The van der Waals surface area contributed by atoms with Gasteiger partial charge in [0, 0.05) is 291 Å². The van der Waals surface area contributed by atoms with Gasteiger partial charge >= 0.3 is 0 Å². The number of rotatable bonds is 20. The normalized spacial score (nSPS) is 9.46. The summed E-state index contributed by atoms with van der Waals surface area (Å²) in [5, 5.41) is 0. The zero-order valence-electron chi connectivity index (χ0n) is 23.7. The highest BCUT2D eigenvalue weighted by Crippen LogP contribution is 2.18. The van der Waals surface area contributed by atoms with E-state index in [4.69, 9.17) is 155 Å². The summed E-state index contributed by atoms with van der Waals surface area (Å²) >= 11 is 0. The van der Waals surface area contributed by atoms with Gasteiger partial charge < -0.3 is 0 Å². The van der Waals surface area contributed by atoms with Gasteiger partial charge in [0.05, 0.1) is 0 Å².